The van der Waals surface area contributed by atoms with Gasteiger partial charge >= 0.3 is 0 Å². The summed E-state index contributed by atoms with van der Waals surface area (Å²) in [5, 5.41) is 17.3. The number of rotatable bonds is 5. The van der Waals surface area contributed by atoms with Crippen molar-refractivity contribution in [2.75, 3.05) is 17.2 Å². The van der Waals surface area contributed by atoms with Crippen LogP contribution < -0.4 is 10.6 Å². The van der Waals surface area contributed by atoms with Crippen molar-refractivity contribution in [3.8, 4) is 0 Å². The molecule has 2 rings (SSSR count). The zero-order valence-corrected chi connectivity index (χ0v) is 13.4. The average molecular weight is 350 g/mol. The van der Waals surface area contributed by atoms with Gasteiger partial charge in [-0.1, -0.05) is 15.9 Å². The highest BCUT2D eigenvalue weighted by atomic mass is 79.9. The molecule has 0 aromatic heterocycles. The monoisotopic (exact) mass is 349 g/mol. The maximum Gasteiger partial charge on any atom is 0.273 e. The first-order valence-electron chi connectivity index (χ1n) is 6.55. The van der Waals surface area contributed by atoms with Crippen molar-refractivity contribution >= 4 is 38.7 Å². The molecular weight excluding hydrogens is 334 g/mol. The molecule has 0 saturated heterocycles. The Labute approximate surface area is 131 Å². The Morgan fingerprint density at radius 3 is 2.38 bits per heavy atom. The van der Waals surface area contributed by atoms with Crippen LogP contribution in [0.25, 0.3) is 0 Å². The summed E-state index contributed by atoms with van der Waals surface area (Å²) in [5.41, 5.74) is 3.44. The third-order valence-corrected chi connectivity index (χ3v) is 3.30. The summed E-state index contributed by atoms with van der Waals surface area (Å²) in [7, 11) is 0. The zero-order valence-electron chi connectivity index (χ0n) is 11.8. The number of nitro groups is 1. The zero-order chi connectivity index (χ0) is 15.4. The van der Waals surface area contributed by atoms with Gasteiger partial charge in [0, 0.05) is 40.2 Å². The lowest BCUT2D eigenvalue weighted by Crippen LogP contribution is -2.00. The minimum atomic E-state index is -0.391. The van der Waals surface area contributed by atoms with Crippen molar-refractivity contribution in [3.63, 3.8) is 0 Å². The molecule has 0 amide bonds. The van der Waals surface area contributed by atoms with Gasteiger partial charge in [-0.05, 0) is 43.7 Å². The Hall–Kier alpha value is -2.08. The second kappa shape index (κ2) is 6.58. The van der Waals surface area contributed by atoms with Crippen LogP contribution in [0.4, 0.5) is 22.7 Å². The molecule has 0 atom stereocenters. The van der Waals surface area contributed by atoms with Crippen LogP contribution in [0.15, 0.2) is 40.9 Å². The summed E-state index contributed by atoms with van der Waals surface area (Å²) in [6.07, 6.45) is 0. The molecule has 0 unspecified atom stereocenters. The molecular formula is C15H16BrN3O2. The largest absolute Gasteiger partial charge is 0.385 e. The fourth-order valence-corrected chi connectivity index (χ4v) is 2.68. The summed E-state index contributed by atoms with van der Waals surface area (Å²) in [6.45, 7) is 4.65. The molecule has 0 saturated carbocycles. The molecule has 5 nitrogen and oxygen atoms in total. The van der Waals surface area contributed by atoms with Crippen LogP contribution in [0.1, 0.15) is 12.5 Å². The molecule has 0 aliphatic carbocycles. The Kier molecular flexibility index (Phi) is 4.80. The van der Waals surface area contributed by atoms with E-state index in [-0.39, 0.29) is 5.69 Å². The first kappa shape index (κ1) is 15.3. The molecule has 0 spiro atoms. The Bertz CT molecular complexity index is 654. The van der Waals surface area contributed by atoms with Gasteiger partial charge in [0.15, 0.2) is 0 Å². The van der Waals surface area contributed by atoms with Crippen molar-refractivity contribution in [2.45, 2.75) is 13.8 Å². The maximum atomic E-state index is 11.0. The van der Waals surface area contributed by atoms with Gasteiger partial charge in [0.25, 0.3) is 5.69 Å². The standard InChI is InChI=1S/C15H16BrN3O2/c1-3-17-12-7-14(9-15(8-12)19(20)21)18-13-5-10(2)4-11(16)6-13/h4-9,17-18H,3H2,1-2H3. The van der Waals surface area contributed by atoms with Gasteiger partial charge in [-0.3, -0.25) is 10.1 Å². The van der Waals surface area contributed by atoms with Gasteiger partial charge < -0.3 is 10.6 Å². The Balaban J connectivity index is 2.35. The highest BCUT2D eigenvalue weighted by Gasteiger charge is 2.10. The molecule has 2 aromatic carbocycles. The lowest BCUT2D eigenvalue weighted by atomic mass is 10.2. The van der Waals surface area contributed by atoms with E-state index in [1.54, 1.807) is 0 Å². The van der Waals surface area contributed by atoms with Crippen molar-refractivity contribution in [2.24, 2.45) is 0 Å². The SMILES string of the molecule is CCNc1cc(Nc2cc(C)cc(Br)c2)cc([N+](=O)[O-])c1. The second-order valence-corrected chi connectivity index (χ2v) is 5.61. The normalized spacial score (nSPS) is 10.2. The van der Waals surface area contributed by atoms with Crippen molar-refractivity contribution in [3.05, 3.63) is 56.5 Å². The highest BCUT2D eigenvalue weighted by Crippen LogP contribution is 2.28. The van der Waals surface area contributed by atoms with Gasteiger partial charge in [0.1, 0.15) is 0 Å². The lowest BCUT2D eigenvalue weighted by Gasteiger charge is -2.11. The molecule has 21 heavy (non-hydrogen) atoms. The maximum absolute atomic E-state index is 11.0. The molecule has 0 fully saturated rings. The fraction of sp³-hybridized carbons (Fsp3) is 0.200. The van der Waals surface area contributed by atoms with Gasteiger partial charge in [-0.2, -0.15) is 0 Å². The number of anilines is 3. The van der Waals surface area contributed by atoms with Crippen molar-refractivity contribution in [1.82, 2.24) is 0 Å². The van der Waals surface area contributed by atoms with Crippen LogP contribution in [0.3, 0.4) is 0 Å². The van der Waals surface area contributed by atoms with Crippen molar-refractivity contribution < 1.29 is 4.92 Å². The van der Waals surface area contributed by atoms with Crippen LogP contribution in [0.2, 0.25) is 0 Å². The van der Waals surface area contributed by atoms with Crippen LogP contribution >= 0.6 is 15.9 Å². The first-order chi connectivity index (χ1) is 9.97. The number of nitrogens with one attached hydrogen (secondary N) is 2. The van der Waals surface area contributed by atoms with E-state index in [0.717, 1.165) is 21.4 Å². The highest BCUT2D eigenvalue weighted by molar-refractivity contribution is 9.10. The van der Waals surface area contributed by atoms with E-state index >= 15 is 0 Å². The van der Waals surface area contributed by atoms with E-state index in [0.29, 0.717) is 12.2 Å². The molecule has 2 N–H and O–H groups in total. The number of hydrogen-bond acceptors (Lipinski definition) is 4. The first-order valence-corrected chi connectivity index (χ1v) is 7.35. The predicted octanol–water partition coefficient (Wildman–Crippen LogP) is 4.84. The molecule has 6 heteroatoms. The Morgan fingerprint density at radius 2 is 1.76 bits per heavy atom. The van der Waals surface area contributed by atoms with Gasteiger partial charge in [0.2, 0.25) is 0 Å². The molecule has 0 aliphatic heterocycles. The van der Waals surface area contributed by atoms with Crippen LogP contribution in [0, 0.1) is 17.0 Å². The van der Waals surface area contributed by atoms with Crippen LogP contribution in [0.5, 0.6) is 0 Å². The Morgan fingerprint density at radius 1 is 1.10 bits per heavy atom. The van der Waals surface area contributed by atoms with Crippen LogP contribution in [-0.4, -0.2) is 11.5 Å². The van der Waals surface area contributed by atoms with Gasteiger partial charge in [-0.25, -0.2) is 0 Å². The smallest absolute Gasteiger partial charge is 0.273 e. The molecule has 2 aromatic rings. The summed E-state index contributed by atoms with van der Waals surface area (Å²) in [5.74, 6) is 0. The fourth-order valence-electron chi connectivity index (χ4n) is 2.07. The lowest BCUT2D eigenvalue weighted by molar-refractivity contribution is -0.384. The topological polar surface area (TPSA) is 67.2 Å². The summed E-state index contributed by atoms with van der Waals surface area (Å²) in [6, 6.07) is 10.8. The number of nitro benzene ring substituents is 1. The molecule has 0 heterocycles. The van der Waals surface area contributed by atoms with E-state index < -0.39 is 4.92 Å². The van der Waals surface area contributed by atoms with Crippen molar-refractivity contribution in [1.29, 1.82) is 0 Å². The molecule has 0 aliphatic rings. The van der Waals surface area contributed by atoms with E-state index in [4.69, 9.17) is 0 Å². The minimum absolute atomic E-state index is 0.0580. The van der Waals surface area contributed by atoms with E-state index in [9.17, 15) is 10.1 Å². The second-order valence-electron chi connectivity index (χ2n) is 4.70. The average Bonchev–Trinajstić information content (AvgIpc) is 2.37. The molecule has 110 valence electrons. The van der Waals surface area contributed by atoms with Gasteiger partial charge in [-0.15, -0.1) is 0 Å². The summed E-state index contributed by atoms with van der Waals surface area (Å²) in [4.78, 5) is 10.6. The van der Waals surface area contributed by atoms with E-state index in [2.05, 4.69) is 26.6 Å². The van der Waals surface area contributed by atoms with E-state index in [1.165, 1.54) is 12.1 Å². The molecule has 0 bridgehead atoms. The number of halogens is 1. The number of benzene rings is 2. The van der Waals surface area contributed by atoms with Crippen LogP contribution in [-0.2, 0) is 0 Å². The number of nitrogens with zero attached hydrogens (tertiary/aromatic N) is 1. The summed E-state index contributed by atoms with van der Waals surface area (Å²) < 4.78 is 0.960. The van der Waals surface area contributed by atoms with Gasteiger partial charge in [0.05, 0.1) is 4.92 Å². The third kappa shape index (κ3) is 4.19. The minimum Gasteiger partial charge on any atom is -0.385 e. The number of non-ortho nitro benzene ring substituents is 1. The summed E-state index contributed by atoms with van der Waals surface area (Å²) >= 11 is 3.44. The quantitative estimate of drug-likeness (QED) is 0.598. The third-order valence-electron chi connectivity index (χ3n) is 2.84. The number of hydrogen-bond donors (Lipinski definition) is 2. The number of aryl methyl sites for hydroxylation is 1. The predicted molar refractivity (Wildman–Crippen MR) is 89.4 cm³/mol. The van der Waals surface area contributed by atoms with E-state index in [1.807, 2.05) is 38.1 Å². The molecule has 0 radical (unpaired) electrons.